The predicted octanol–water partition coefficient (Wildman–Crippen LogP) is 4.67. The Kier molecular flexibility index (Phi) is 5.71. The summed E-state index contributed by atoms with van der Waals surface area (Å²) in [5.41, 5.74) is 4.06. The predicted molar refractivity (Wildman–Crippen MR) is 100 cm³/mol. The zero-order chi connectivity index (χ0) is 15.9. The van der Waals surface area contributed by atoms with Gasteiger partial charge in [-0.2, -0.15) is 0 Å². The maximum atomic E-state index is 2.63. The Labute approximate surface area is 140 Å². The van der Waals surface area contributed by atoms with Crippen molar-refractivity contribution in [2.75, 3.05) is 37.6 Å². The molecule has 0 amide bonds. The van der Waals surface area contributed by atoms with Crippen LogP contribution in [-0.4, -0.2) is 37.6 Å². The zero-order valence-electron chi connectivity index (χ0n) is 14.2. The van der Waals surface area contributed by atoms with E-state index in [9.17, 15) is 0 Å². The van der Waals surface area contributed by atoms with Gasteiger partial charge in [0.25, 0.3) is 0 Å². The van der Waals surface area contributed by atoms with E-state index in [1.165, 1.54) is 55.7 Å². The van der Waals surface area contributed by atoms with Crippen molar-refractivity contribution < 1.29 is 0 Å². The van der Waals surface area contributed by atoms with Crippen LogP contribution in [0.15, 0.2) is 54.6 Å². The van der Waals surface area contributed by atoms with Crippen molar-refractivity contribution in [1.29, 1.82) is 0 Å². The molecule has 0 atom stereocenters. The third-order valence-electron chi connectivity index (χ3n) is 4.75. The Balaban J connectivity index is 1.77. The fraction of sp³-hybridized carbons (Fsp3) is 0.429. The minimum Gasteiger partial charge on any atom is -0.370 e. The highest BCUT2D eigenvalue weighted by Crippen LogP contribution is 2.31. The largest absolute Gasteiger partial charge is 0.370 e. The van der Waals surface area contributed by atoms with Crippen molar-refractivity contribution in [3.63, 3.8) is 0 Å². The van der Waals surface area contributed by atoms with Gasteiger partial charge in [-0.05, 0) is 37.6 Å². The zero-order valence-corrected chi connectivity index (χ0v) is 14.2. The molecule has 0 radical (unpaired) electrons. The molecule has 1 aliphatic rings. The summed E-state index contributed by atoms with van der Waals surface area (Å²) in [4.78, 5) is 5.21. The lowest BCUT2D eigenvalue weighted by atomic mass is 10.0. The maximum absolute atomic E-state index is 2.63. The number of hydrogen-bond donors (Lipinski definition) is 0. The van der Waals surface area contributed by atoms with Crippen LogP contribution in [0.2, 0.25) is 0 Å². The van der Waals surface area contributed by atoms with Crippen LogP contribution in [-0.2, 0) is 0 Å². The molecule has 2 aromatic carbocycles. The number of anilines is 1. The van der Waals surface area contributed by atoms with E-state index in [0.29, 0.717) is 0 Å². The topological polar surface area (TPSA) is 6.48 Å². The van der Waals surface area contributed by atoms with Crippen LogP contribution in [0.25, 0.3) is 11.1 Å². The van der Waals surface area contributed by atoms with Crippen LogP contribution < -0.4 is 4.90 Å². The lowest BCUT2D eigenvalue weighted by Crippen LogP contribution is -2.31. The van der Waals surface area contributed by atoms with Gasteiger partial charge in [0.2, 0.25) is 0 Å². The molecule has 1 saturated heterocycles. The Hall–Kier alpha value is -1.80. The van der Waals surface area contributed by atoms with E-state index in [4.69, 9.17) is 0 Å². The summed E-state index contributed by atoms with van der Waals surface area (Å²) in [7, 11) is 0. The van der Waals surface area contributed by atoms with Gasteiger partial charge in [0.15, 0.2) is 0 Å². The molecule has 2 aromatic rings. The molecule has 0 aliphatic carbocycles. The highest BCUT2D eigenvalue weighted by atomic mass is 15.2. The average molecular weight is 308 g/mol. The van der Waals surface area contributed by atoms with Gasteiger partial charge in [0, 0.05) is 30.9 Å². The fourth-order valence-electron chi connectivity index (χ4n) is 3.43. The Morgan fingerprint density at radius 1 is 0.826 bits per heavy atom. The second kappa shape index (κ2) is 8.16. The number of benzene rings is 2. The monoisotopic (exact) mass is 308 g/mol. The molecule has 0 N–H and O–H groups in total. The molecule has 1 fully saturated rings. The molecular formula is C21H28N2. The van der Waals surface area contributed by atoms with Crippen LogP contribution in [0.4, 0.5) is 5.69 Å². The Bertz CT molecular complexity index is 594. The lowest BCUT2D eigenvalue weighted by Gasteiger charge is -2.26. The smallest absolute Gasteiger partial charge is 0.0446 e. The van der Waals surface area contributed by atoms with Gasteiger partial charge < -0.3 is 9.80 Å². The molecular weight excluding hydrogens is 280 g/mol. The molecule has 1 aliphatic heterocycles. The molecule has 2 heteroatoms. The van der Waals surface area contributed by atoms with Gasteiger partial charge in [-0.25, -0.2) is 0 Å². The van der Waals surface area contributed by atoms with E-state index in [1.54, 1.807) is 0 Å². The second-order valence-corrected chi connectivity index (χ2v) is 6.42. The number of nitrogens with zero attached hydrogens (tertiary/aromatic N) is 2. The van der Waals surface area contributed by atoms with Crippen LogP contribution in [0.3, 0.4) is 0 Å². The van der Waals surface area contributed by atoms with Crippen LogP contribution >= 0.6 is 0 Å². The van der Waals surface area contributed by atoms with E-state index in [1.807, 2.05) is 0 Å². The quantitative estimate of drug-likeness (QED) is 0.792. The van der Waals surface area contributed by atoms with E-state index < -0.39 is 0 Å². The first-order valence-corrected chi connectivity index (χ1v) is 9.00. The van der Waals surface area contributed by atoms with Crippen molar-refractivity contribution in [3.05, 3.63) is 54.6 Å². The molecule has 0 spiro atoms. The van der Waals surface area contributed by atoms with E-state index in [2.05, 4.69) is 71.3 Å². The first-order chi connectivity index (χ1) is 11.4. The van der Waals surface area contributed by atoms with Crippen LogP contribution in [0.1, 0.15) is 26.2 Å². The molecule has 0 aromatic heterocycles. The SMILES string of the molecule is CCCCN1CCCN(c2ccccc2-c2ccccc2)CC1. The standard InChI is InChI=1S/C21H28N2/c1-2-3-14-22-15-9-16-23(18-17-22)21-13-8-7-12-20(21)19-10-5-4-6-11-19/h4-8,10-13H,2-3,9,14-18H2,1H3. The Morgan fingerprint density at radius 2 is 1.61 bits per heavy atom. The van der Waals surface area contributed by atoms with Crippen molar-refractivity contribution in [1.82, 2.24) is 4.90 Å². The molecule has 2 nitrogen and oxygen atoms in total. The third-order valence-corrected chi connectivity index (χ3v) is 4.75. The maximum Gasteiger partial charge on any atom is 0.0446 e. The summed E-state index contributed by atoms with van der Waals surface area (Å²) in [6, 6.07) is 19.6. The van der Waals surface area contributed by atoms with Crippen molar-refractivity contribution >= 4 is 5.69 Å². The Morgan fingerprint density at radius 3 is 2.43 bits per heavy atom. The minimum absolute atomic E-state index is 1.13. The molecule has 0 saturated carbocycles. The molecule has 23 heavy (non-hydrogen) atoms. The lowest BCUT2D eigenvalue weighted by molar-refractivity contribution is 0.289. The number of rotatable bonds is 5. The summed E-state index contributed by atoms with van der Waals surface area (Å²) in [5.74, 6) is 0. The fourth-order valence-corrected chi connectivity index (χ4v) is 3.43. The van der Waals surface area contributed by atoms with Gasteiger partial charge in [-0.1, -0.05) is 61.9 Å². The van der Waals surface area contributed by atoms with Gasteiger partial charge in [0.1, 0.15) is 0 Å². The van der Waals surface area contributed by atoms with E-state index in [0.717, 1.165) is 13.1 Å². The van der Waals surface area contributed by atoms with E-state index in [-0.39, 0.29) is 0 Å². The summed E-state index contributed by atoms with van der Waals surface area (Å²) >= 11 is 0. The molecule has 0 unspecified atom stereocenters. The van der Waals surface area contributed by atoms with Crippen molar-refractivity contribution in [2.24, 2.45) is 0 Å². The van der Waals surface area contributed by atoms with Crippen LogP contribution in [0.5, 0.6) is 0 Å². The highest BCUT2D eigenvalue weighted by molar-refractivity contribution is 5.78. The van der Waals surface area contributed by atoms with Gasteiger partial charge in [-0.15, -0.1) is 0 Å². The first-order valence-electron chi connectivity index (χ1n) is 9.00. The number of hydrogen-bond acceptors (Lipinski definition) is 2. The molecule has 0 bridgehead atoms. The van der Waals surface area contributed by atoms with Crippen LogP contribution in [0, 0.1) is 0 Å². The highest BCUT2D eigenvalue weighted by Gasteiger charge is 2.17. The number of unbranched alkanes of at least 4 members (excludes halogenated alkanes) is 1. The summed E-state index contributed by atoms with van der Waals surface area (Å²) in [6.45, 7) is 8.25. The van der Waals surface area contributed by atoms with Gasteiger partial charge in [-0.3, -0.25) is 0 Å². The summed E-state index contributed by atoms with van der Waals surface area (Å²) in [5, 5.41) is 0. The van der Waals surface area contributed by atoms with Crippen molar-refractivity contribution in [3.8, 4) is 11.1 Å². The normalized spacial score (nSPS) is 16.3. The molecule has 1 heterocycles. The van der Waals surface area contributed by atoms with Gasteiger partial charge in [0.05, 0.1) is 0 Å². The summed E-state index contributed by atoms with van der Waals surface area (Å²) in [6.07, 6.45) is 3.87. The van der Waals surface area contributed by atoms with Crippen molar-refractivity contribution in [2.45, 2.75) is 26.2 Å². The number of para-hydroxylation sites is 1. The second-order valence-electron chi connectivity index (χ2n) is 6.42. The van der Waals surface area contributed by atoms with E-state index >= 15 is 0 Å². The summed E-state index contributed by atoms with van der Waals surface area (Å²) < 4.78 is 0. The third kappa shape index (κ3) is 4.14. The average Bonchev–Trinajstić information content (AvgIpc) is 2.86. The first kappa shape index (κ1) is 16.1. The molecule has 122 valence electrons. The minimum atomic E-state index is 1.13. The van der Waals surface area contributed by atoms with Gasteiger partial charge >= 0.3 is 0 Å². The molecule has 3 rings (SSSR count).